The van der Waals surface area contributed by atoms with E-state index in [1.165, 1.54) is 5.56 Å². The van der Waals surface area contributed by atoms with Crippen LogP contribution in [0, 0.1) is 5.92 Å². The fourth-order valence-corrected chi connectivity index (χ4v) is 2.04. The van der Waals surface area contributed by atoms with Gasteiger partial charge in [-0.2, -0.15) is 0 Å². The summed E-state index contributed by atoms with van der Waals surface area (Å²) in [6.07, 6.45) is 1.13. The Morgan fingerprint density at radius 3 is 2.31 bits per heavy atom. The molecule has 2 atom stereocenters. The van der Waals surface area contributed by atoms with Gasteiger partial charge in [-0.05, 0) is 37.7 Å². The number of hydrogen-bond acceptors (Lipinski definition) is 1. The molecule has 0 saturated heterocycles. The van der Waals surface area contributed by atoms with Crippen molar-refractivity contribution in [2.24, 2.45) is 5.92 Å². The second-order valence-electron chi connectivity index (χ2n) is 4.51. The van der Waals surface area contributed by atoms with Gasteiger partial charge in [0.15, 0.2) is 0 Å². The van der Waals surface area contributed by atoms with Crippen molar-refractivity contribution in [2.45, 2.75) is 31.8 Å². The summed E-state index contributed by atoms with van der Waals surface area (Å²) in [6, 6.07) is 10.5. The molecule has 1 N–H and O–H groups in total. The first-order valence-electron chi connectivity index (χ1n) is 4.86. The average molecular weight is 176 g/mol. The Morgan fingerprint density at radius 1 is 1.23 bits per heavy atom. The molecule has 1 aromatic rings. The van der Waals surface area contributed by atoms with E-state index in [1.54, 1.807) is 0 Å². The summed E-state index contributed by atoms with van der Waals surface area (Å²) in [5.74, 6) is 1.04. The Morgan fingerprint density at radius 2 is 1.85 bits per heavy atom. The van der Waals surface area contributed by atoms with Crippen molar-refractivity contribution in [1.29, 1.82) is 0 Å². The molecule has 0 spiro atoms. The lowest BCUT2D eigenvalue weighted by Gasteiger charge is -2.16. The molecule has 0 radical (unpaired) electrons. The third kappa shape index (κ3) is 1.75. The van der Waals surface area contributed by atoms with E-state index < -0.39 is 5.60 Å². The molecule has 2 rings (SSSR count). The van der Waals surface area contributed by atoms with E-state index in [2.05, 4.69) is 24.3 Å². The largest absolute Gasteiger partial charge is 0.390 e. The maximum absolute atomic E-state index is 9.79. The van der Waals surface area contributed by atoms with Crippen molar-refractivity contribution in [1.82, 2.24) is 0 Å². The lowest BCUT2D eigenvalue weighted by molar-refractivity contribution is 0.0546. The monoisotopic (exact) mass is 176 g/mol. The Labute approximate surface area is 79.4 Å². The topological polar surface area (TPSA) is 20.2 Å². The van der Waals surface area contributed by atoms with Gasteiger partial charge in [-0.1, -0.05) is 30.3 Å². The average Bonchev–Trinajstić information content (AvgIpc) is 2.83. The molecular formula is C12H16O. The minimum Gasteiger partial charge on any atom is -0.390 e. The Bertz CT molecular complexity index is 284. The fraction of sp³-hybridized carbons (Fsp3) is 0.500. The van der Waals surface area contributed by atoms with Gasteiger partial charge in [0.2, 0.25) is 0 Å². The summed E-state index contributed by atoms with van der Waals surface area (Å²) < 4.78 is 0. The summed E-state index contributed by atoms with van der Waals surface area (Å²) in [6.45, 7) is 3.81. The van der Waals surface area contributed by atoms with Crippen LogP contribution >= 0.6 is 0 Å². The molecule has 70 valence electrons. The molecule has 1 aliphatic rings. The molecule has 1 aromatic carbocycles. The highest BCUT2D eigenvalue weighted by Crippen LogP contribution is 2.53. The molecule has 0 heterocycles. The van der Waals surface area contributed by atoms with Gasteiger partial charge in [0.25, 0.3) is 0 Å². The summed E-state index contributed by atoms with van der Waals surface area (Å²) in [4.78, 5) is 0. The van der Waals surface area contributed by atoms with Crippen molar-refractivity contribution in [3.8, 4) is 0 Å². The van der Waals surface area contributed by atoms with Crippen molar-refractivity contribution < 1.29 is 5.11 Å². The number of aliphatic hydroxyl groups is 1. The normalized spacial score (nSPS) is 27.3. The zero-order valence-electron chi connectivity index (χ0n) is 8.20. The van der Waals surface area contributed by atoms with Crippen LogP contribution in [0.25, 0.3) is 0 Å². The van der Waals surface area contributed by atoms with Gasteiger partial charge in [0.1, 0.15) is 0 Å². The van der Waals surface area contributed by atoms with Crippen molar-refractivity contribution in [3.05, 3.63) is 35.9 Å². The Hall–Kier alpha value is -0.820. The molecule has 0 aliphatic heterocycles. The van der Waals surface area contributed by atoms with Gasteiger partial charge in [-0.3, -0.25) is 0 Å². The first-order chi connectivity index (χ1) is 6.09. The predicted octanol–water partition coefficient (Wildman–Crippen LogP) is 2.56. The molecule has 0 aromatic heterocycles. The van der Waals surface area contributed by atoms with E-state index in [1.807, 2.05) is 19.9 Å². The van der Waals surface area contributed by atoms with Gasteiger partial charge >= 0.3 is 0 Å². The molecule has 1 nitrogen and oxygen atoms in total. The van der Waals surface area contributed by atoms with Crippen LogP contribution in [0.4, 0.5) is 0 Å². The highest BCUT2D eigenvalue weighted by atomic mass is 16.3. The zero-order valence-corrected chi connectivity index (χ0v) is 8.20. The van der Waals surface area contributed by atoms with Crippen molar-refractivity contribution in [3.63, 3.8) is 0 Å². The van der Waals surface area contributed by atoms with Crippen LogP contribution in [0.15, 0.2) is 30.3 Å². The Kier molecular flexibility index (Phi) is 1.92. The van der Waals surface area contributed by atoms with Crippen LogP contribution in [-0.4, -0.2) is 10.7 Å². The molecule has 1 fully saturated rings. The lowest BCUT2D eigenvalue weighted by Crippen LogP contribution is -2.22. The number of hydrogen-bond donors (Lipinski definition) is 1. The van der Waals surface area contributed by atoms with E-state index in [4.69, 9.17) is 0 Å². The first-order valence-corrected chi connectivity index (χ1v) is 4.86. The van der Waals surface area contributed by atoms with Crippen LogP contribution in [0.5, 0.6) is 0 Å². The van der Waals surface area contributed by atoms with Crippen LogP contribution in [0.1, 0.15) is 31.7 Å². The molecule has 1 saturated carbocycles. The molecule has 0 bridgehead atoms. The standard InChI is InChI=1S/C12H16O/c1-12(2,13)11-8-10(11)9-6-4-3-5-7-9/h3-7,10-11,13H,8H2,1-2H3/t10-,11+/m0/s1. The van der Waals surface area contributed by atoms with E-state index >= 15 is 0 Å². The predicted molar refractivity (Wildman–Crippen MR) is 53.6 cm³/mol. The van der Waals surface area contributed by atoms with Crippen LogP contribution in [-0.2, 0) is 0 Å². The lowest BCUT2D eigenvalue weighted by atomic mass is 9.99. The Balaban J connectivity index is 2.09. The second kappa shape index (κ2) is 2.85. The fourth-order valence-electron chi connectivity index (χ4n) is 2.04. The summed E-state index contributed by atoms with van der Waals surface area (Å²) in [5.41, 5.74) is 0.857. The third-order valence-corrected chi connectivity index (χ3v) is 2.93. The van der Waals surface area contributed by atoms with Gasteiger partial charge in [-0.15, -0.1) is 0 Å². The van der Waals surface area contributed by atoms with Crippen molar-refractivity contribution >= 4 is 0 Å². The number of rotatable bonds is 2. The van der Waals surface area contributed by atoms with Crippen molar-refractivity contribution in [2.75, 3.05) is 0 Å². The SMILES string of the molecule is CC(C)(O)[C@@H]1C[C@H]1c1ccccc1. The smallest absolute Gasteiger partial charge is 0.0625 e. The second-order valence-corrected chi connectivity index (χ2v) is 4.51. The first kappa shape index (κ1) is 8.76. The molecule has 0 unspecified atom stereocenters. The van der Waals surface area contributed by atoms with Gasteiger partial charge in [0.05, 0.1) is 5.60 Å². The number of benzene rings is 1. The van der Waals surface area contributed by atoms with E-state index in [9.17, 15) is 5.11 Å². The van der Waals surface area contributed by atoms with Crippen LogP contribution in [0.3, 0.4) is 0 Å². The quantitative estimate of drug-likeness (QED) is 0.734. The highest BCUT2D eigenvalue weighted by molar-refractivity contribution is 5.27. The molecule has 13 heavy (non-hydrogen) atoms. The van der Waals surface area contributed by atoms with Crippen LogP contribution in [0.2, 0.25) is 0 Å². The summed E-state index contributed by atoms with van der Waals surface area (Å²) in [5, 5.41) is 9.79. The minimum absolute atomic E-state index is 0.454. The zero-order chi connectivity index (χ0) is 9.47. The van der Waals surface area contributed by atoms with Crippen LogP contribution < -0.4 is 0 Å². The van der Waals surface area contributed by atoms with E-state index in [0.717, 1.165) is 6.42 Å². The minimum atomic E-state index is -0.513. The third-order valence-electron chi connectivity index (χ3n) is 2.93. The summed E-state index contributed by atoms with van der Waals surface area (Å²) >= 11 is 0. The van der Waals surface area contributed by atoms with E-state index in [0.29, 0.717) is 11.8 Å². The summed E-state index contributed by atoms with van der Waals surface area (Å²) in [7, 11) is 0. The molecule has 1 heteroatoms. The van der Waals surface area contributed by atoms with Gasteiger partial charge in [0, 0.05) is 0 Å². The maximum atomic E-state index is 9.79. The van der Waals surface area contributed by atoms with Gasteiger partial charge in [-0.25, -0.2) is 0 Å². The highest BCUT2D eigenvalue weighted by Gasteiger charge is 2.47. The molecule has 1 aliphatic carbocycles. The maximum Gasteiger partial charge on any atom is 0.0625 e. The van der Waals surface area contributed by atoms with E-state index in [-0.39, 0.29) is 0 Å². The molecule has 0 amide bonds. The van der Waals surface area contributed by atoms with Gasteiger partial charge < -0.3 is 5.11 Å². The molecular weight excluding hydrogens is 160 g/mol.